The fourth-order valence-corrected chi connectivity index (χ4v) is 2.05. The van der Waals surface area contributed by atoms with E-state index in [1.54, 1.807) is 0 Å². The smallest absolute Gasteiger partial charge is 0.134 e. The van der Waals surface area contributed by atoms with E-state index in [2.05, 4.69) is 42.5 Å². The quantitative estimate of drug-likeness (QED) is 0.648. The average molecular weight is 234 g/mol. The van der Waals surface area contributed by atoms with E-state index in [0.29, 0.717) is 0 Å². The molecule has 0 spiro atoms. The molecule has 3 rings (SSSR count). The Morgan fingerprint density at radius 1 is 0.722 bits per heavy atom. The summed E-state index contributed by atoms with van der Waals surface area (Å²) in [4.78, 5) is 0. The lowest BCUT2D eigenvalue weighted by Crippen LogP contribution is -1.83. The maximum absolute atomic E-state index is 5.62. The summed E-state index contributed by atoms with van der Waals surface area (Å²) < 4.78 is 5.62. The average Bonchev–Trinajstić information content (AvgIpc) is 2.89. The zero-order valence-corrected chi connectivity index (χ0v) is 10.0. The van der Waals surface area contributed by atoms with Crippen molar-refractivity contribution in [2.75, 3.05) is 0 Å². The van der Waals surface area contributed by atoms with E-state index in [9.17, 15) is 0 Å². The number of hydrogen-bond acceptors (Lipinski definition) is 1. The number of furan rings is 1. The van der Waals surface area contributed by atoms with Crippen LogP contribution in [0.15, 0.2) is 77.4 Å². The Morgan fingerprint density at radius 3 is 2.11 bits per heavy atom. The lowest BCUT2D eigenvalue weighted by Gasteiger charge is -1.96. The SMILES string of the molecule is c1ccc(Cc2coc(-c3ccccc3)c2)cc1. The number of rotatable bonds is 3. The summed E-state index contributed by atoms with van der Waals surface area (Å²) in [5.41, 5.74) is 3.63. The van der Waals surface area contributed by atoms with E-state index in [1.807, 2.05) is 30.5 Å². The van der Waals surface area contributed by atoms with Crippen LogP contribution in [-0.2, 0) is 6.42 Å². The van der Waals surface area contributed by atoms with Crippen LogP contribution in [0.5, 0.6) is 0 Å². The van der Waals surface area contributed by atoms with Crippen LogP contribution in [0, 0.1) is 0 Å². The van der Waals surface area contributed by atoms with Crippen molar-refractivity contribution in [3.05, 3.63) is 84.1 Å². The minimum Gasteiger partial charge on any atom is -0.464 e. The molecule has 1 aromatic heterocycles. The van der Waals surface area contributed by atoms with Crippen LogP contribution in [-0.4, -0.2) is 0 Å². The monoisotopic (exact) mass is 234 g/mol. The van der Waals surface area contributed by atoms with Crippen LogP contribution in [0.1, 0.15) is 11.1 Å². The van der Waals surface area contributed by atoms with Crippen molar-refractivity contribution in [2.45, 2.75) is 6.42 Å². The second-order valence-electron chi connectivity index (χ2n) is 4.35. The third kappa shape index (κ3) is 2.35. The lowest BCUT2D eigenvalue weighted by atomic mass is 10.1. The van der Waals surface area contributed by atoms with Gasteiger partial charge in [-0.05, 0) is 17.2 Å². The van der Waals surface area contributed by atoms with E-state index < -0.39 is 0 Å². The van der Waals surface area contributed by atoms with Crippen molar-refractivity contribution in [3.63, 3.8) is 0 Å². The summed E-state index contributed by atoms with van der Waals surface area (Å²) in [7, 11) is 0. The minimum absolute atomic E-state index is 0.914. The molecule has 88 valence electrons. The molecule has 1 nitrogen and oxygen atoms in total. The van der Waals surface area contributed by atoms with Crippen LogP contribution in [0.4, 0.5) is 0 Å². The highest BCUT2D eigenvalue weighted by Crippen LogP contribution is 2.23. The van der Waals surface area contributed by atoms with Gasteiger partial charge in [0, 0.05) is 12.0 Å². The summed E-state index contributed by atoms with van der Waals surface area (Å²) in [5, 5.41) is 0. The highest BCUT2D eigenvalue weighted by molar-refractivity contribution is 5.58. The zero-order valence-electron chi connectivity index (χ0n) is 10.0. The van der Waals surface area contributed by atoms with Gasteiger partial charge in [-0.2, -0.15) is 0 Å². The molecule has 1 heteroatoms. The van der Waals surface area contributed by atoms with Gasteiger partial charge >= 0.3 is 0 Å². The van der Waals surface area contributed by atoms with Gasteiger partial charge in [-0.25, -0.2) is 0 Å². The molecule has 0 aliphatic heterocycles. The highest BCUT2D eigenvalue weighted by atomic mass is 16.3. The molecule has 18 heavy (non-hydrogen) atoms. The maximum Gasteiger partial charge on any atom is 0.134 e. The third-order valence-electron chi connectivity index (χ3n) is 2.96. The first-order chi connectivity index (χ1) is 8.92. The van der Waals surface area contributed by atoms with E-state index in [-0.39, 0.29) is 0 Å². The van der Waals surface area contributed by atoms with Crippen LogP contribution in [0.25, 0.3) is 11.3 Å². The van der Waals surface area contributed by atoms with Gasteiger partial charge in [-0.15, -0.1) is 0 Å². The lowest BCUT2D eigenvalue weighted by molar-refractivity contribution is 0.579. The molecule has 0 radical (unpaired) electrons. The fourth-order valence-electron chi connectivity index (χ4n) is 2.05. The summed E-state index contributed by atoms with van der Waals surface area (Å²) >= 11 is 0. The minimum atomic E-state index is 0.914. The van der Waals surface area contributed by atoms with Gasteiger partial charge in [0.05, 0.1) is 6.26 Å². The predicted molar refractivity (Wildman–Crippen MR) is 73.4 cm³/mol. The van der Waals surface area contributed by atoms with Crippen LogP contribution >= 0.6 is 0 Å². The molecule has 0 aliphatic rings. The van der Waals surface area contributed by atoms with Crippen LogP contribution in [0.3, 0.4) is 0 Å². The van der Waals surface area contributed by atoms with E-state index >= 15 is 0 Å². The van der Waals surface area contributed by atoms with E-state index in [0.717, 1.165) is 17.7 Å². The zero-order chi connectivity index (χ0) is 12.2. The summed E-state index contributed by atoms with van der Waals surface area (Å²) in [6, 6.07) is 22.7. The Labute approximate surface area is 107 Å². The molecule has 0 bridgehead atoms. The Balaban J connectivity index is 1.82. The molecule has 0 unspecified atom stereocenters. The van der Waals surface area contributed by atoms with Gasteiger partial charge in [0.15, 0.2) is 0 Å². The third-order valence-corrected chi connectivity index (χ3v) is 2.96. The molecule has 0 amide bonds. The Hall–Kier alpha value is -2.28. The molecule has 0 saturated carbocycles. The van der Waals surface area contributed by atoms with Crippen molar-refractivity contribution >= 4 is 0 Å². The summed E-state index contributed by atoms with van der Waals surface area (Å²) in [6.07, 6.45) is 2.76. The standard InChI is InChI=1S/C17H14O/c1-3-7-14(8-4-1)11-15-12-17(18-13-15)16-9-5-2-6-10-16/h1-10,12-13H,11H2. The first-order valence-electron chi connectivity index (χ1n) is 6.08. The van der Waals surface area contributed by atoms with Crippen molar-refractivity contribution < 1.29 is 4.42 Å². The van der Waals surface area contributed by atoms with Gasteiger partial charge in [-0.1, -0.05) is 60.7 Å². The Kier molecular flexibility index (Phi) is 2.97. The summed E-state index contributed by atoms with van der Waals surface area (Å²) in [6.45, 7) is 0. The molecule has 1 heterocycles. The van der Waals surface area contributed by atoms with Crippen LogP contribution in [0.2, 0.25) is 0 Å². The number of benzene rings is 2. The first kappa shape index (κ1) is 10.8. The molecule has 0 aliphatic carbocycles. The predicted octanol–water partition coefficient (Wildman–Crippen LogP) is 4.54. The van der Waals surface area contributed by atoms with Crippen molar-refractivity contribution in [1.82, 2.24) is 0 Å². The molecule has 3 aromatic rings. The molecule has 0 N–H and O–H groups in total. The molecule has 0 fully saturated rings. The van der Waals surface area contributed by atoms with Gasteiger partial charge in [-0.3, -0.25) is 0 Å². The largest absolute Gasteiger partial charge is 0.464 e. The highest BCUT2D eigenvalue weighted by Gasteiger charge is 2.04. The van der Waals surface area contributed by atoms with Crippen molar-refractivity contribution in [3.8, 4) is 11.3 Å². The van der Waals surface area contributed by atoms with Gasteiger partial charge in [0.25, 0.3) is 0 Å². The second-order valence-corrected chi connectivity index (χ2v) is 4.35. The molecular weight excluding hydrogens is 220 g/mol. The molecule has 0 saturated heterocycles. The van der Waals surface area contributed by atoms with Crippen molar-refractivity contribution in [1.29, 1.82) is 0 Å². The fraction of sp³-hybridized carbons (Fsp3) is 0.0588. The Morgan fingerprint density at radius 2 is 1.39 bits per heavy atom. The van der Waals surface area contributed by atoms with Gasteiger partial charge in [0.1, 0.15) is 5.76 Å². The number of hydrogen-bond donors (Lipinski definition) is 0. The maximum atomic E-state index is 5.62. The van der Waals surface area contributed by atoms with Crippen LogP contribution < -0.4 is 0 Å². The molecular formula is C17H14O. The van der Waals surface area contributed by atoms with Crippen molar-refractivity contribution in [2.24, 2.45) is 0 Å². The van der Waals surface area contributed by atoms with E-state index in [1.165, 1.54) is 11.1 Å². The van der Waals surface area contributed by atoms with Gasteiger partial charge < -0.3 is 4.42 Å². The molecule has 2 aromatic carbocycles. The Bertz CT molecular complexity index is 608. The van der Waals surface area contributed by atoms with Gasteiger partial charge in [0.2, 0.25) is 0 Å². The molecule has 0 atom stereocenters. The normalized spacial score (nSPS) is 10.4. The second kappa shape index (κ2) is 4.92. The first-order valence-corrected chi connectivity index (χ1v) is 6.08. The summed E-state index contributed by atoms with van der Waals surface area (Å²) in [5.74, 6) is 0.932. The topological polar surface area (TPSA) is 13.1 Å². The van der Waals surface area contributed by atoms with E-state index in [4.69, 9.17) is 4.42 Å².